The van der Waals surface area contributed by atoms with Crippen LogP contribution in [-0.4, -0.2) is 89.3 Å². The highest BCUT2D eigenvalue weighted by Gasteiger charge is 2.27. The number of likely N-dealkylation sites (N-methyl/N-ethyl adjacent to an activating group) is 2. The number of aldehydes is 3. The summed E-state index contributed by atoms with van der Waals surface area (Å²) in [5.74, 6) is -0.373. The zero-order valence-corrected chi connectivity index (χ0v) is 17.9. The Morgan fingerprint density at radius 2 is 1.87 bits per heavy atom. The molecule has 168 valence electrons. The molecular formula is C21H33N3O6. The lowest BCUT2D eigenvalue weighted by Crippen LogP contribution is -2.40. The van der Waals surface area contributed by atoms with Gasteiger partial charge in [-0.3, -0.25) is 9.59 Å². The van der Waals surface area contributed by atoms with Crippen molar-refractivity contribution in [2.45, 2.75) is 31.7 Å². The molecule has 0 fully saturated rings. The largest absolute Gasteiger partial charge is 0.382 e. The van der Waals surface area contributed by atoms with E-state index in [1.165, 1.54) is 11.9 Å². The molecule has 0 heterocycles. The molecule has 9 heteroatoms. The van der Waals surface area contributed by atoms with Gasteiger partial charge in [-0.25, -0.2) is 0 Å². The second-order valence-electron chi connectivity index (χ2n) is 6.79. The van der Waals surface area contributed by atoms with Crippen LogP contribution in [0.5, 0.6) is 0 Å². The number of carbonyl (C=O) groups excluding carboxylic acids is 4. The zero-order chi connectivity index (χ0) is 22.2. The Bertz CT molecular complexity index is 632. The maximum Gasteiger partial charge on any atom is 0.250 e. The van der Waals surface area contributed by atoms with E-state index in [0.717, 1.165) is 6.54 Å². The van der Waals surface area contributed by atoms with Crippen LogP contribution in [-0.2, 0) is 28.7 Å². The van der Waals surface area contributed by atoms with Crippen molar-refractivity contribution in [1.29, 1.82) is 0 Å². The smallest absolute Gasteiger partial charge is 0.250 e. The minimum atomic E-state index is -0.700. The van der Waals surface area contributed by atoms with E-state index in [2.05, 4.69) is 10.6 Å². The Morgan fingerprint density at radius 1 is 1.17 bits per heavy atom. The van der Waals surface area contributed by atoms with E-state index in [-0.39, 0.29) is 18.7 Å². The third-order valence-corrected chi connectivity index (χ3v) is 4.72. The SMILES string of the molecule is CNCCOCCOCCNC1=CCCC(C(=O)N(C)C(C=O)CCC=O)=C1C=O. The van der Waals surface area contributed by atoms with Crippen LogP contribution in [0.3, 0.4) is 0 Å². The Labute approximate surface area is 177 Å². The fourth-order valence-corrected chi connectivity index (χ4v) is 3.00. The second kappa shape index (κ2) is 15.5. The highest BCUT2D eigenvalue weighted by Crippen LogP contribution is 2.24. The summed E-state index contributed by atoms with van der Waals surface area (Å²) in [5, 5.41) is 6.13. The van der Waals surface area contributed by atoms with Crippen molar-refractivity contribution in [3.8, 4) is 0 Å². The number of carbonyl (C=O) groups is 4. The van der Waals surface area contributed by atoms with Gasteiger partial charge >= 0.3 is 0 Å². The number of hydrogen-bond donors (Lipinski definition) is 2. The van der Waals surface area contributed by atoms with Gasteiger partial charge in [-0.05, 0) is 26.3 Å². The normalized spacial score (nSPS) is 14.7. The van der Waals surface area contributed by atoms with Crippen LogP contribution in [0.2, 0.25) is 0 Å². The monoisotopic (exact) mass is 423 g/mol. The average molecular weight is 424 g/mol. The van der Waals surface area contributed by atoms with E-state index in [9.17, 15) is 19.2 Å². The molecule has 0 aliphatic heterocycles. The highest BCUT2D eigenvalue weighted by molar-refractivity contribution is 6.02. The first kappa shape index (κ1) is 25.7. The van der Waals surface area contributed by atoms with E-state index in [1.807, 2.05) is 13.1 Å². The first-order chi connectivity index (χ1) is 14.6. The van der Waals surface area contributed by atoms with E-state index >= 15 is 0 Å². The molecule has 0 saturated carbocycles. The Morgan fingerprint density at radius 3 is 2.47 bits per heavy atom. The molecule has 0 radical (unpaired) electrons. The zero-order valence-electron chi connectivity index (χ0n) is 17.9. The third kappa shape index (κ3) is 8.56. The van der Waals surface area contributed by atoms with Crippen molar-refractivity contribution in [2.24, 2.45) is 0 Å². The fraction of sp³-hybridized carbons (Fsp3) is 0.619. The van der Waals surface area contributed by atoms with Crippen LogP contribution in [0.15, 0.2) is 22.9 Å². The number of ether oxygens (including phenoxy) is 2. The number of hydrogen-bond acceptors (Lipinski definition) is 8. The van der Waals surface area contributed by atoms with Gasteiger partial charge in [0.25, 0.3) is 5.91 Å². The average Bonchev–Trinajstić information content (AvgIpc) is 2.77. The van der Waals surface area contributed by atoms with Gasteiger partial charge in [0.2, 0.25) is 0 Å². The van der Waals surface area contributed by atoms with Crippen molar-refractivity contribution in [3.05, 3.63) is 22.9 Å². The summed E-state index contributed by atoms with van der Waals surface area (Å²) in [4.78, 5) is 47.8. The summed E-state index contributed by atoms with van der Waals surface area (Å²) < 4.78 is 10.8. The number of amides is 1. The van der Waals surface area contributed by atoms with E-state index in [1.54, 1.807) is 0 Å². The van der Waals surface area contributed by atoms with Crippen molar-refractivity contribution in [2.75, 3.05) is 53.6 Å². The molecule has 1 amide bonds. The van der Waals surface area contributed by atoms with Gasteiger partial charge in [-0.1, -0.05) is 6.08 Å². The van der Waals surface area contributed by atoms with Crippen molar-refractivity contribution >= 4 is 24.8 Å². The van der Waals surface area contributed by atoms with Gasteiger partial charge in [0.1, 0.15) is 12.6 Å². The molecular weight excluding hydrogens is 390 g/mol. The minimum Gasteiger partial charge on any atom is -0.382 e. The molecule has 0 bridgehead atoms. The molecule has 2 N–H and O–H groups in total. The van der Waals surface area contributed by atoms with Crippen LogP contribution in [0.1, 0.15) is 25.7 Å². The van der Waals surface area contributed by atoms with Gasteiger partial charge in [0.15, 0.2) is 6.29 Å². The topological polar surface area (TPSA) is 114 Å². The first-order valence-electron chi connectivity index (χ1n) is 10.2. The molecule has 1 atom stereocenters. The van der Waals surface area contributed by atoms with E-state index in [4.69, 9.17) is 9.47 Å². The number of nitrogens with one attached hydrogen (secondary N) is 2. The predicted octanol–water partition coefficient (Wildman–Crippen LogP) is 0.00680. The third-order valence-electron chi connectivity index (χ3n) is 4.72. The summed E-state index contributed by atoms with van der Waals surface area (Å²) in [7, 11) is 3.37. The van der Waals surface area contributed by atoms with Crippen LogP contribution in [0.25, 0.3) is 0 Å². The molecule has 1 rings (SSSR count). The van der Waals surface area contributed by atoms with Crippen LogP contribution in [0.4, 0.5) is 0 Å². The molecule has 9 nitrogen and oxygen atoms in total. The van der Waals surface area contributed by atoms with E-state index < -0.39 is 6.04 Å². The van der Waals surface area contributed by atoms with Gasteiger partial charge in [-0.15, -0.1) is 0 Å². The molecule has 1 aliphatic carbocycles. The van der Waals surface area contributed by atoms with Gasteiger partial charge in [-0.2, -0.15) is 0 Å². The molecule has 1 unspecified atom stereocenters. The number of allylic oxidation sites excluding steroid dienone is 2. The summed E-state index contributed by atoms with van der Waals surface area (Å²) in [6.07, 6.45) is 5.38. The molecule has 0 aromatic carbocycles. The Hall–Kier alpha value is -2.36. The summed E-state index contributed by atoms with van der Waals surface area (Å²) in [6.45, 7) is 3.32. The van der Waals surface area contributed by atoms with Gasteiger partial charge in [0.05, 0.1) is 32.5 Å². The number of rotatable bonds is 17. The van der Waals surface area contributed by atoms with Crippen molar-refractivity contribution < 1.29 is 28.7 Å². The summed E-state index contributed by atoms with van der Waals surface area (Å²) in [5.41, 5.74) is 1.26. The minimum absolute atomic E-state index is 0.188. The number of nitrogens with zero attached hydrogens (tertiary/aromatic N) is 1. The predicted molar refractivity (Wildman–Crippen MR) is 112 cm³/mol. The lowest BCUT2D eigenvalue weighted by atomic mass is 9.94. The fourth-order valence-electron chi connectivity index (χ4n) is 3.00. The van der Waals surface area contributed by atoms with Crippen LogP contribution >= 0.6 is 0 Å². The molecule has 0 aromatic rings. The first-order valence-corrected chi connectivity index (χ1v) is 10.2. The summed E-state index contributed by atoms with van der Waals surface area (Å²) in [6, 6.07) is -0.700. The molecule has 0 aromatic heterocycles. The lowest BCUT2D eigenvalue weighted by Gasteiger charge is -2.27. The molecule has 1 aliphatic rings. The van der Waals surface area contributed by atoms with Gasteiger partial charge < -0.3 is 34.6 Å². The van der Waals surface area contributed by atoms with Gasteiger partial charge in [0, 0.05) is 43.4 Å². The van der Waals surface area contributed by atoms with Crippen LogP contribution in [0, 0.1) is 0 Å². The lowest BCUT2D eigenvalue weighted by molar-refractivity contribution is -0.132. The molecule has 0 saturated heterocycles. The molecule has 0 spiro atoms. The summed E-state index contributed by atoms with van der Waals surface area (Å²) >= 11 is 0. The standard InChI is InChI=1S/C21H33N3O6/c1-22-8-11-29-13-14-30-12-9-23-20-7-3-6-18(19(20)16-27)21(28)24(2)17(15-26)5-4-10-25/h7,10,15-17,22-23H,3-6,8-9,11-14H2,1-2H3. The van der Waals surface area contributed by atoms with E-state index in [0.29, 0.717) is 81.5 Å². The van der Waals surface area contributed by atoms with Crippen LogP contribution < -0.4 is 10.6 Å². The molecule has 30 heavy (non-hydrogen) atoms. The quantitative estimate of drug-likeness (QED) is 0.248. The maximum absolute atomic E-state index is 12.9. The Kier molecular flexibility index (Phi) is 13.2. The highest BCUT2D eigenvalue weighted by atomic mass is 16.5. The Balaban J connectivity index is 2.59. The second-order valence-corrected chi connectivity index (χ2v) is 6.79. The maximum atomic E-state index is 12.9. The van der Waals surface area contributed by atoms with Crippen molar-refractivity contribution in [1.82, 2.24) is 15.5 Å². The van der Waals surface area contributed by atoms with Crippen molar-refractivity contribution in [3.63, 3.8) is 0 Å².